The van der Waals surface area contributed by atoms with Gasteiger partial charge >= 0.3 is 64.7 Å². The van der Waals surface area contributed by atoms with E-state index in [0.29, 0.717) is 0 Å². The SMILES string of the molecule is F[B-](F)(F)COc1ccc(OC(F)(F)F)c(Br)c1.[K+]. The fourth-order valence-electron chi connectivity index (χ4n) is 0.970. The van der Waals surface area contributed by atoms with Crippen LogP contribution in [0.5, 0.6) is 11.5 Å². The largest absolute Gasteiger partial charge is 1.00 e. The van der Waals surface area contributed by atoms with E-state index in [1.54, 1.807) is 0 Å². The molecule has 1 rings (SSSR count). The molecular formula is C8H5BBrF6KO2. The Balaban J connectivity index is 0.00000324. The van der Waals surface area contributed by atoms with Gasteiger partial charge in [0.2, 0.25) is 0 Å². The van der Waals surface area contributed by atoms with E-state index < -0.39 is 25.6 Å². The van der Waals surface area contributed by atoms with Crippen molar-refractivity contribution < 1.29 is 87.0 Å². The summed E-state index contributed by atoms with van der Waals surface area (Å²) in [5, 5.41) is 0. The van der Waals surface area contributed by atoms with Crippen LogP contribution in [0, 0.1) is 0 Å². The second-order valence-electron chi connectivity index (χ2n) is 3.16. The number of hydrogen-bond acceptors (Lipinski definition) is 2. The molecule has 102 valence electrons. The summed E-state index contributed by atoms with van der Waals surface area (Å²) in [7, 11) is 0. The predicted molar refractivity (Wildman–Crippen MR) is 55.4 cm³/mol. The minimum absolute atomic E-state index is 0. The Morgan fingerprint density at radius 3 is 2.16 bits per heavy atom. The van der Waals surface area contributed by atoms with E-state index in [0.717, 1.165) is 18.2 Å². The zero-order valence-corrected chi connectivity index (χ0v) is 14.2. The van der Waals surface area contributed by atoms with E-state index in [-0.39, 0.29) is 61.6 Å². The maximum absolute atomic E-state index is 11.9. The summed E-state index contributed by atoms with van der Waals surface area (Å²) in [5.41, 5.74) is 0. The van der Waals surface area contributed by atoms with Crippen LogP contribution in [0.15, 0.2) is 22.7 Å². The number of alkyl halides is 3. The summed E-state index contributed by atoms with van der Waals surface area (Å²) in [6, 6.07) is 2.77. The van der Waals surface area contributed by atoms with Crippen LogP contribution >= 0.6 is 15.9 Å². The van der Waals surface area contributed by atoms with Crippen molar-refractivity contribution in [2.24, 2.45) is 0 Å². The molecule has 0 aliphatic rings. The monoisotopic (exact) mass is 376 g/mol. The third-order valence-corrected chi connectivity index (χ3v) is 2.19. The van der Waals surface area contributed by atoms with E-state index >= 15 is 0 Å². The molecule has 2 nitrogen and oxygen atoms in total. The molecule has 0 heterocycles. The van der Waals surface area contributed by atoms with Gasteiger partial charge < -0.3 is 22.4 Å². The summed E-state index contributed by atoms with van der Waals surface area (Å²) in [6.07, 6.45) is -4.88. The van der Waals surface area contributed by atoms with Crippen LogP contribution in [0.3, 0.4) is 0 Å². The maximum Gasteiger partial charge on any atom is 1.00 e. The van der Waals surface area contributed by atoms with Gasteiger partial charge in [-0.25, -0.2) is 0 Å². The molecule has 0 atom stereocenters. The first-order valence-electron chi connectivity index (χ1n) is 4.46. The van der Waals surface area contributed by atoms with Crippen LogP contribution in [0.1, 0.15) is 0 Å². The first-order valence-corrected chi connectivity index (χ1v) is 5.25. The Bertz CT molecular complexity index is 425. The molecule has 0 radical (unpaired) electrons. The molecule has 0 amide bonds. The van der Waals surface area contributed by atoms with E-state index in [1.165, 1.54) is 0 Å². The molecule has 0 unspecified atom stereocenters. The first kappa shape index (κ1) is 19.6. The Morgan fingerprint density at radius 2 is 1.74 bits per heavy atom. The van der Waals surface area contributed by atoms with E-state index in [1.807, 2.05) is 0 Å². The molecule has 11 heteroatoms. The summed E-state index contributed by atoms with van der Waals surface area (Å²) < 4.78 is 79.2. The van der Waals surface area contributed by atoms with Crippen LogP contribution in [0.4, 0.5) is 26.1 Å². The van der Waals surface area contributed by atoms with Crippen LogP contribution in [-0.4, -0.2) is 19.8 Å². The van der Waals surface area contributed by atoms with Crippen molar-refractivity contribution >= 4 is 22.9 Å². The molecule has 0 saturated heterocycles. The quantitative estimate of drug-likeness (QED) is 0.579. The van der Waals surface area contributed by atoms with Crippen LogP contribution in [0.2, 0.25) is 0 Å². The van der Waals surface area contributed by atoms with E-state index in [9.17, 15) is 26.1 Å². The van der Waals surface area contributed by atoms with Gasteiger partial charge in [0, 0.05) is 0 Å². The molecule has 0 aliphatic carbocycles. The minimum atomic E-state index is -5.12. The molecule has 0 aliphatic heterocycles. The topological polar surface area (TPSA) is 18.5 Å². The van der Waals surface area contributed by atoms with Crippen LogP contribution in [0.25, 0.3) is 0 Å². The summed E-state index contributed by atoms with van der Waals surface area (Å²) in [4.78, 5) is 0. The smallest absolute Gasteiger partial charge is 0.522 e. The summed E-state index contributed by atoms with van der Waals surface area (Å²) >= 11 is 2.74. The Labute approximate surface area is 155 Å². The van der Waals surface area contributed by atoms with E-state index in [2.05, 4.69) is 25.4 Å². The summed E-state index contributed by atoms with van der Waals surface area (Å²) in [6.45, 7) is -6.59. The van der Waals surface area contributed by atoms with Crippen molar-refractivity contribution in [2.45, 2.75) is 6.36 Å². The van der Waals surface area contributed by atoms with Crippen molar-refractivity contribution in [1.82, 2.24) is 0 Å². The second-order valence-corrected chi connectivity index (χ2v) is 4.02. The fraction of sp³-hybridized carbons (Fsp3) is 0.250. The zero-order chi connectivity index (χ0) is 14.0. The third kappa shape index (κ3) is 8.45. The molecule has 19 heavy (non-hydrogen) atoms. The van der Waals surface area contributed by atoms with Crippen molar-refractivity contribution in [3.8, 4) is 11.5 Å². The average Bonchev–Trinajstić information content (AvgIpc) is 2.15. The number of ether oxygens (including phenoxy) is 2. The van der Waals surface area contributed by atoms with Crippen LogP contribution in [-0.2, 0) is 0 Å². The average molecular weight is 377 g/mol. The van der Waals surface area contributed by atoms with Gasteiger partial charge in [-0.05, 0) is 34.1 Å². The molecule has 0 N–H and O–H groups in total. The number of benzene rings is 1. The third-order valence-electron chi connectivity index (χ3n) is 1.57. The number of rotatable bonds is 4. The molecule has 0 fully saturated rings. The fourth-order valence-corrected chi connectivity index (χ4v) is 1.41. The van der Waals surface area contributed by atoms with Gasteiger partial charge in [0.25, 0.3) is 0 Å². The van der Waals surface area contributed by atoms with Gasteiger partial charge in [-0.2, -0.15) is 0 Å². The van der Waals surface area contributed by atoms with Gasteiger partial charge in [0.1, 0.15) is 11.5 Å². The summed E-state index contributed by atoms with van der Waals surface area (Å²) in [5.74, 6) is -0.775. The maximum atomic E-state index is 11.9. The van der Waals surface area contributed by atoms with Crippen molar-refractivity contribution in [3.05, 3.63) is 22.7 Å². The Kier molecular flexibility index (Phi) is 7.78. The van der Waals surface area contributed by atoms with Crippen molar-refractivity contribution in [2.75, 3.05) is 6.51 Å². The number of halogens is 7. The van der Waals surface area contributed by atoms with Gasteiger partial charge in [-0.15, -0.1) is 13.2 Å². The minimum Gasteiger partial charge on any atom is -0.522 e. The van der Waals surface area contributed by atoms with Gasteiger partial charge in [-0.3, -0.25) is 0 Å². The second kappa shape index (κ2) is 7.55. The molecule has 0 spiro atoms. The molecule has 0 aromatic heterocycles. The molecule has 0 bridgehead atoms. The van der Waals surface area contributed by atoms with Gasteiger partial charge in [0.15, 0.2) is 0 Å². The Hall–Kier alpha value is 0.581. The zero-order valence-electron chi connectivity index (χ0n) is 9.48. The first-order chi connectivity index (χ1) is 8.07. The Morgan fingerprint density at radius 1 is 1.16 bits per heavy atom. The van der Waals surface area contributed by atoms with E-state index in [4.69, 9.17) is 0 Å². The van der Waals surface area contributed by atoms with Crippen LogP contribution < -0.4 is 60.9 Å². The van der Waals surface area contributed by atoms with Gasteiger partial charge in [0.05, 0.1) is 11.0 Å². The predicted octanol–water partition coefficient (Wildman–Crippen LogP) is 1.12. The number of hydrogen-bond donors (Lipinski definition) is 0. The van der Waals surface area contributed by atoms with Crippen molar-refractivity contribution in [1.29, 1.82) is 0 Å². The molecular weight excluding hydrogens is 372 g/mol. The molecule has 1 aromatic rings. The van der Waals surface area contributed by atoms with Crippen molar-refractivity contribution in [3.63, 3.8) is 0 Å². The molecule has 0 saturated carbocycles. The molecule has 1 aromatic carbocycles. The van der Waals surface area contributed by atoms with Gasteiger partial charge in [-0.1, -0.05) is 0 Å². The normalized spacial score (nSPS) is 11.7. The standard InChI is InChI=1S/C8H5BBrF6O2.K/c10-6-3-5(17-4-9(14,15)16)1-2-7(6)18-8(11,12)13;/h1-3H,4H2;/q-1;+1.